The normalized spacial score (nSPS) is 18.8. The molecule has 0 saturated carbocycles. The van der Waals surface area contributed by atoms with Crippen LogP contribution < -0.4 is 14.8 Å². The average Bonchev–Trinajstić information content (AvgIpc) is 2.89. The lowest BCUT2D eigenvalue weighted by Crippen LogP contribution is -2.47. The molecule has 1 aromatic carbocycles. The Kier molecular flexibility index (Phi) is 3.89. The van der Waals surface area contributed by atoms with Crippen LogP contribution in [0.15, 0.2) is 29.6 Å². The zero-order valence-electron chi connectivity index (χ0n) is 11.6. The van der Waals surface area contributed by atoms with E-state index in [0.717, 1.165) is 28.6 Å². The highest BCUT2D eigenvalue weighted by Crippen LogP contribution is 2.32. The van der Waals surface area contributed by atoms with Gasteiger partial charge in [-0.1, -0.05) is 12.1 Å². The molecule has 1 aliphatic heterocycles. The second-order valence-electron chi connectivity index (χ2n) is 4.90. The van der Waals surface area contributed by atoms with Crippen LogP contribution in [-0.2, 0) is 6.42 Å². The highest BCUT2D eigenvalue weighted by molar-refractivity contribution is 7.09. The molecule has 4 nitrogen and oxygen atoms in total. The number of fused-ring (bicyclic) bond motifs is 1. The van der Waals surface area contributed by atoms with Gasteiger partial charge in [-0.15, -0.1) is 11.3 Å². The van der Waals surface area contributed by atoms with E-state index < -0.39 is 0 Å². The van der Waals surface area contributed by atoms with E-state index in [4.69, 9.17) is 9.47 Å². The summed E-state index contributed by atoms with van der Waals surface area (Å²) in [5.74, 6) is 1.64. The summed E-state index contributed by atoms with van der Waals surface area (Å²) >= 11 is 1.70. The molecule has 2 unspecified atom stereocenters. The van der Waals surface area contributed by atoms with Gasteiger partial charge < -0.3 is 14.8 Å². The highest BCUT2D eigenvalue weighted by Gasteiger charge is 2.28. The van der Waals surface area contributed by atoms with Gasteiger partial charge in [-0.05, 0) is 26.1 Å². The summed E-state index contributed by atoms with van der Waals surface area (Å²) in [6.45, 7) is 2.58. The molecule has 2 atom stereocenters. The largest absolute Gasteiger partial charge is 0.486 e. The summed E-state index contributed by atoms with van der Waals surface area (Å²) in [7, 11) is 1.95. The van der Waals surface area contributed by atoms with Crippen molar-refractivity contribution in [3.63, 3.8) is 0 Å². The van der Waals surface area contributed by atoms with Gasteiger partial charge in [0.2, 0.25) is 0 Å². The van der Waals surface area contributed by atoms with E-state index in [-0.39, 0.29) is 12.1 Å². The first kappa shape index (κ1) is 13.4. The second-order valence-corrected chi connectivity index (χ2v) is 5.84. The summed E-state index contributed by atoms with van der Waals surface area (Å²) in [4.78, 5) is 4.52. The van der Waals surface area contributed by atoms with Crippen LogP contribution in [0.5, 0.6) is 11.5 Å². The van der Waals surface area contributed by atoms with Gasteiger partial charge in [0.15, 0.2) is 11.5 Å². The van der Waals surface area contributed by atoms with Crippen molar-refractivity contribution in [2.45, 2.75) is 25.5 Å². The van der Waals surface area contributed by atoms with E-state index in [2.05, 4.69) is 15.7 Å². The molecule has 2 aromatic rings. The zero-order valence-corrected chi connectivity index (χ0v) is 12.4. The van der Waals surface area contributed by atoms with Crippen LogP contribution in [0.2, 0.25) is 0 Å². The maximum Gasteiger partial charge on any atom is 0.161 e. The van der Waals surface area contributed by atoms with Gasteiger partial charge in [0, 0.05) is 17.5 Å². The Labute approximate surface area is 122 Å². The number of nitrogens with zero attached hydrogens (tertiary/aromatic N) is 1. The van der Waals surface area contributed by atoms with Gasteiger partial charge >= 0.3 is 0 Å². The summed E-state index contributed by atoms with van der Waals surface area (Å²) in [5.41, 5.74) is 1.08. The van der Waals surface area contributed by atoms with Gasteiger partial charge in [0.05, 0.1) is 11.0 Å². The summed E-state index contributed by atoms with van der Waals surface area (Å²) < 4.78 is 11.8. The summed E-state index contributed by atoms with van der Waals surface area (Å²) in [6.07, 6.45) is 0.852. The van der Waals surface area contributed by atoms with Crippen LogP contribution in [0.25, 0.3) is 0 Å². The number of rotatable bonds is 4. The monoisotopic (exact) mass is 290 g/mol. The molecule has 0 aliphatic carbocycles. The van der Waals surface area contributed by atoms with Gasteiger partial charge in [0.25, 0.3) is 0 Å². The Morgan fingerprint density at radius 1 is 1.40 bits per heavy atom. The van der Waals surface area contributed by atoms with Crippen molar-refractivity contribution in [3.05, 3.63) is 40.3 Å². The number of nitrogens with one attached hydrogen (secondary N) is 1. The van der Waals surface area contributed by atoms with Crippen LogP contribution in [0.3, 0.4) is 0 Å². The lowest BCUT2D eigenvalue weighted by atomic mass is 10.1. The molecule has 1 aliphatic rings. The number of aryl methyl sites for hydroxylation is 1. The first-order valence-electron chi connectivity index (χ1n) is 6.73. The summed E-state index contributed by atoms with van der Waals surface area (Å²) in [5, 5.41) is 6.53. The smallest absolute Gasteiger partial charge is 0.161 e. The standard InChI is InChI=1S/C15H18N2O2S/c1-10-9-20-15(17-10)7-11(16-2)14-8-18-12-5-3-4-6-13(12)19-14/h3-6,9,11,14,16H,7-8H2,1-2H3. The predicted molar refractivity (Wildman–Crippen MR) is 79.8 cm³/mol. The Balaban J connectivity index is 1.71. The molecule has 0 spiro atoms. The summed E-state index contributed by atoms with van der Waals surface area (Å²) in [6, 6.07) is 7.99. The van der Waals surface area contributed by atoms with Crippen molar-refractivity contribution >= 4 is 11.3 Å². The number of thiazole rings is 1. The second kappa shape index (κ2) is 5.81. The third-order valence-corrected chi connectivity index (χ3v) is 4.40. The van der Waals surface area contributed by atoms with Gasteiger partial charge in [-0.2, -0.15) is 0 Å². The van der Waals surface area contributed by atoms with E-state index >= 15 is 0 Å². The minimum absolute atomic E-state index is 0.000828. The Morgan fingerprint density at radius 2 is 2.20 bits per heavy atom. The number of likely N-dealkylation sites (N-methyl/N-ethyl adjacent to an activating group) is 1. The van der Waals surface area contributed by atoms with E-state index in [0.29, 0.717) is 6.61 Å². The Morgan fingerprint density at radius 3 is 2.90 bits per heavy atom. The fourth-order valence-electron chi connectivity index (χ4n) is 2.34. The van der Waals surface area contributed by atoms with Gasteiger partial charge in [0.1, 0.15) is 12.7 Å². The lowest BCUT2D eigenvalue weighted by Gasteiger charge is -2.31. The van der Waals surface area contributed by atoms with Crippen molar-refractivity contribution in [1.82, 2.24) is 10.3 Å². The molecule has 0 bridgehead atoms. The molecule has 106 valence electrons. The third kappa shape index (κ3) is 2.78. The van der Waals surface area contributed by atoms with Crippen LogP contribution in [0, 0.1) is 6.92 Å². The number of hydrogen-bond donors (Lipinski definition) is 1. The van der Waals surface area contributed by atoms with Crippen molar-refractivity contribution < 1.29 is 9.47 Å². The van der Waals surface area contributed by atoms with E-state index in [1.54, 1.807) is 11.3 Å². The molecule has 5 heteroatoms. The molecule has 1 N–H and O–H groups in total. The van der Waals surface area contributed by atoms with Crippen molar-refractivity contribution in [2.75, 3.05) is 13.7 Å². The molecule has 1 aromatic heterocycles. The van der Waals surface area contributed by atoms with Crippen molar-refractivity contribution in [3.8, 4) is 11.5 Å². The molecule has 0 amide bonds. The molecule has 3 rings (SSSR count). The molecule has 0 radical (unpaired) electrons. The lowest BCUT2D eigenvalue weighted by molar-refractivity contribution is 0.0640. The fraction of sp³-hybridized carbons (Fsp3) is 0.400. The Hall–Kier alpha value is -1.59. The highest BCUT2D eigenvalue weighted by atomic mass is 32.1. The maximum absolute atomic E-state index is 6.05. The molecular formula is C15H18N2O2S. The molecular weight excluding hydrogens is 272 g/mol. The van der Waals surface area contributed by atoms with Crippen LogP contribution in [-0.4, -0.2) is 30.8 Å². The number of benzene rings is 1. The Bertz CT molecular complexity index is 585. The zero-order chi connectivity index (χ0) is 13.9. The number of para-hydroxylation sites is 2. The number of ether oxygens (including phenoxy) is 2. The maximum atomic E-state index is 6.05. The van der Waals surface area contributed by atoms with Gasteiger partial charge in [-0.3, -0.25) is 0 Å². The SMILES string of the molecule is CNC(Cc1nc(C)cs1)C1COc2ccccc2O1. The minimum Gasteiger partial charge on any atom is -0.486 e. The van der Waals surface area contributed by atoms with Crippen molar-refractivity contribution in [1.29, 1.82) is 0 Å². The van der Waals surface area contributed by atoms with E-state index in [1.165, 1.54) is 0 Å². The minimum atomic E-state index is -0.000828. The first-order chi connectivity index (χ1) is 9.76. The van der Waals surface area contributed by atoms with E-state index in [9.17, 15) is 0 Å². The quantitative estimate of drug-likeness (QED) is 0.939. The average molecular weight is 290 g/mol. The van der Waals surface area contributed by atoms with Crippen LogP contribution in [0.1, 0.15) is 10.7 Å². The topological polar surface area (TPSA) is 43.4 Å². The number of hydrogen-bond acceptors (Lipinski definition) is 5. The van der Waals surface area contributed by atoms with Crippen LogP contribution >= 0.6 is 11.3 Å². The first-order valence-corrected chi connectivity index (χ1v) is 7.61. The molecule has 0 fully saturated rings. The number of aromatic nitrogens is 1. The molecule has 20 heavy (non-hydrogen) atoms. The fourth-order valence-corrected chi connectivity index (χ4v) is 3.17. The van der Waals surface area contributed by atoms with Gasteiger partial charge in [-0.25, -0.2) is 4.98 Å². The predicted octanol–water partition coefficient (Wildman–Crippen LogP) is 2.42. The van der Waals surface area contributed by atoms with E-state index in [1.807, 2.05) is 38.2 Å². The van der Waals surface area contributed by atoms with Crippen LogP contribution in [0.4, 0.5) is 0 Å². The third-order valence-electron chi connectivity index (χ3n) is 3.41. The molecule has 2 heterocycles. The van der Waals surface area contributed by atoms with Crippen molar-refractivity contribution in [2.24, 2.45) is 0 Å². The molecule has 0 saturated heterocycles.